The van der Waals surface area contributed by atoms with Crippen LogP contribution in [-0.2, 0) is 14.6 Å². The van der Waals surface area contributed by atoms with Gasteiger partial charge in [-0.05, 0) is 37.8 Å². The van der Waals surface area contributed by atoms with Crippen molar-refractivity contribution >= 4 is 32.7 Å². The van der Waals surface area contributed by atoms with Crippen molar-refractivity contribution in [3.05, 3.63) is 42.3 Å². The number of carboxylic acids is 1. The van der Waals surface area contributed by atoms with Crippen LogP contribution in [0, 0.1) is 0 Å². The van der Waals surface area contributed by atoms with Crippen LogP contribution in [0.1, 0.15) is 37.5 Å². The van der Waals surface area contributed by atoms with Crippen LogP contribution in [0.2, 0.25) is 0 Å². The predicted molar refractivity (Wildman–Crippen MR) is 132 cm³/mol. The van der Waals surface area contributed by atoms with Gasteiger partial charge in [0.15, 0.2) is 0 Å². The standard InChI is InChI=1S/C22H25N5O4S.C2HF3O2/c28-22(23-17-9-13-32(29,30)14-10-17)27-11-7-16(8-12-27)21-25-20(26-31-21)19-6-5-15-3-1-2-4-18(15)24-19;3-2(4,5)1(6)7/h1-6,16-17H,7-14H2,(H,23,28);(H,6,7). The maximum atomic E-state index is 12.6. The summed E-state index contributed by atoms with van der Waals surface area (Å²) in [5.74, 6) is -1.32. The van der Waals surface area contributed by atoms with Gasteiger partial charge < -0.3 is 19.8 Å². The van der Waals surface area contributed by atoms with E-state index in [-0.39, 0.29) is 29.5 Å². The summed E-state index contributed by atoms with van der Waals surface area (Å²) < 4.78 is 60.4. The Morgan fingerprint density at radius 3 is 2.28 bits per heavy atom. The molecule has 39 heavy (non-hydrogen) atoms. The zero-order chi connectivity index (χ0) is 28.2. The first-order valence-corrected chi connectivity index (χ1v) is 14.0. The molecule has 0 spiro atoms. The van der Waals surface area contributed by atoms with Crippen LogP contribution in [0.3, 0.4) is 0 Å². The number of benzene rings is 1. The third-order valence-corrected chi connectivity index (χ3v) is 8.24. The van der Waals surface area contributed by atoms with E-state index in [2.05, 4.69) is 20.4 Å². The normalized spacial score (nSPS) is 18.3. The molecule has 2 aromatic heterocycles. The molecule has 0 radical (unpaired) electrons. The van der Waals surface area contributed by atoms with E-state index in [1.807, 2.05) is 36.4 Å². The molecule has 210 valence electrons. The number of likely N-dealkylation sites (tertiary alicyclic amines) is 1. The number of rotatable bonds is 3. The van der Waals surface area contributed by atoms with E-state index in [0.29, 0.717) is 43.3 Å². The molecule has 15 heteroatoms. The fourth-order valence-corrected chi connectivity index (χ4v) is 5.82. The number of aliphatic carboxylic acids is 1. The summed E-state index contributed by atoms with van der Waals surface area (Å²) in [5.41, 5.74) is 1.55. The van der Waals surface area contributed by atoms with Gasteiger partial charge in [-0.25, -0.2) is 23.0 Å². The second kappa shape index (κ2) is 11.6. The van der Waals surface area contributed by atoms with E-state index in [4.69, 9.17) is 14.4 Å². The van der Waals surface area contributed by atoms with Crippen molar-refractivity contribution in [1.29, 1.82) is 0 Å². The summed E-state index contributed by atoms with van der Waals surface area (Å²) in [6.07, 6.45) is -2.64. The Labute approximate surface area is 221 Å². The van der Waals surface area contributed by atoms with Gasteiger partial charge in [0.1, 0.15) is 15.5 Å². The van der Waals surface area contributed by atoms with Crippen LogP contribution in [0.25, 0.3) is 22.4 Å². The Kier molecular flexibility index (Phi) is 8.37. The number of amides is 2. The SMILES string of the molecule is O=C(NC1CCS(=O)(=O)CC1)N1CCC(c2nc(-c3ccc4ccccc4n3)no2)CC1.O=C(O)C(F)(F)F. The minimum Gasteiger partial charge on any atom is -0.475 e. The lowest BCUT2D eigenvalue weighted by Crippen LogP contribution is -2.49. The molecule has 0 bridgehead atoms. The molecule has 2 saturated heterocycles. The number of halogens is 3. The first-order chi connectivity index (χ1) is 18.4. The van der Waals surface area contributed by atoms with Gasteiger partial charge in [0.05, 0.1) is 17.0 Å². The first kappa shape index (κ1) is 28.3. The highest BCUT2D eigenvalue weighted by Gasteiger charge is 2.38. The van der Waals surface area contributed by atoms with Crippen molar-refractivity contribution < 1.29 is 40.8 Å². The topological polar surface area (TPSA) is 156 Å². The second-order valence-corrected chi connectivity index (χ2v) is 11.6. The largest absolute Gasteiger partial charge is 0.490 e. The van der Waals surface area contributed by atoms with Gasteiger partial charge in [0.25, 0.3) is 0 Å². The van der Waals surface area contributed by atoms with E-state index in [1.54, 1.807) is 4.90 Å². The lowest BCUT2D eigenvalue weighted by molar-refractivity contribution is -0.192. The molecule has 1 aromatic carbocycles. The number of alkyl halides is 3. The third-order valence-electron chi connectivity index (χ3n) is 6.53. The Balaban J connectivity index is 0.000000448. The summed E-state index contributed by atoms with van der Waals surface area (Å²) in [5, 5.41) is 15.3. The highest BCUT2D eigenvalue weighted by molar-refractivity contribution is 7.91. The maximum absolute atomic E-state index is 12.6. The number of carbonyl (C=O) groups is 2. The summed E-state index contributed by atoms with van der Waals surface area (Å²) in [7, 11) is -2.94. The van der Waals surface area contributed by atoms with Crippen molar-refractivity contribution in [1.82, 2.24) is 25.3 Å². The van der Waals surface area contributed by atoms with Crippen LogP contribution in [-0.4, -0.2) is 82.4 Å². The molecule has 0 unspecified atom stereocenters. The van der Waals surface area contributed by atoms with Crippen molar-refractivity contribution in [2.24, 2.45) is 0 Å². The molecule has 3 aromatic rings. The van der Waals surface area contributed by atoms with Crippen LogP contribution < -0.4 is 5.32 Å². The van der Waals surface area contributed by atoms with Crippen molar-refractivity contribution in [3.8, 4) is 11.5 Å². The molecule has 2 N–H and O–H groups in total. The molecule has 11 nitrogen and oxygen atoms in total. The Morgan fingerprint density at radius 1 is 1.00 bits per heavy atom. The molecule has 5 rings (SSSR count). The van der Waals surface area contributed by atoms with Crippen LogP contribution >= 0.6 is 0 Å². The quantitative estimate of drug-likeness (QED) is 0.483. The van der Waals surface area contributed by atoms with Crippen LogP contribution in [0.15, 0.2) is 40.9 Å². The highest BCUT2D eigenvalue weighted by Crippen LogP contribution is 2.29. The summed E-state index contributed by atoms with van der Waals surface area (Å²) >= 11 is 0. The molecule has 0 atom stereocenters. The molecule has 2 amide bonds. The summed E-state index contributed by atoms with van der Waals surface area (Å²) in [4.78, 5) is 32.4. The number of aromatic nitrogens is 3. The number of carboxylic acid groups (broad SMARTS) is 1. The third kappa shape index (κ3) is 7.43. The second-order valence-electron chi connectivity index (χ2n) is 9.29. The van der Waals surface area contributed by atoms with Crippen molar-refractivity contribution in [2.75, 3.05) is 24.6 Å². The number of hydrogen-bond donors (Lipinski definition) is 2. The average Bonchev–Trinajstić information content (AvgIpc) is 3.40. The Bertz CT molecular complexity index is 1420. The number of urea groups is 1. The zero-order valence-electron chi connectivity index (χ0n) is 20.6. The summed E-state index contributed by atoms with van der Waals surface area (Å²) in [6, 6.07) is 11.6. The molecule has 0 saturated carbocycles. The molecular formula is C24H26F3N5O6S. The smallest absolute Gasteiger partial charge is 0.475 e. The number of nitrogens with zero attached hydrogens (tertiary/aromatic N) is 4. The average molecular weight is 570 g/mol. The number of carbonyl (C=O) groups excluding carboxylic acids is 1. The molecule has 4 heterocycles. The number of hydrogen-bond acceptors (Lipinski definition) is 8. The first-order valence-electron chi connectivity index (χ1n) is 12.2. The fourth-order valence-electron chi connectivity index (χ4n) is 4.33. The molecule has 2 aliphatic rings. The minimum absolute atomic E-state index is 0.0725. The molecular weight excluding hydrogens is 543 g/mol. The van der Waals surface area contributed by atoms with E-state index < -0.39 is 22.0 Å². The van der Waals surface area contributed by atoms with E-state index in [0.717, 1.165) is 23.7 Å². The van der Waals surface area contributed by atoms with E-state index >= 15 is 0 Å². The molecule has 0 aliphatic carbocycles. The van der Waals surface area contributed by atoms with E-state index in [9.17, 15) is 26.4 Å². The summed E-state index contributed by atoms with van der Waals surface area (Å²) in [6.45, 7) is 1.18. The number of piperidine rings is 1. The van der Waals surface area contributed by atoms with Gasteiger partial charge in [-0.15, -0.1) is 0 Å². The van der Waals surface area contributed by atoms with Gasteiger partial charge in [-0.2, -0.15) is 18.2 Å². The predicted octanol–water partition coefficient (Wildman–Crippen LogP) is 3.38. The number of para-hydroxylation sites is 1. The number of pyridine rings is 1. The molecule has 2 aliphatic heterocycles. The number of nitrogens with one attached hydrogen (secondary N) is 1. The van der Waals surface area contributed by atoms with E-state index in [1.165, 1.54) is 0 Å². The Hall–Kier alpha value is -3.75. The molecule has 2 fully saturated rings. The lowest BCUT2D eigenvalue weighted by Gasteiger charge is -2.32. The van der Waals surface area contributed by atoms with Crippen molar-refractivity contribution in [3.63, 3.8) is 0 Å². The fraction of sp³-hybridized carbons (Fsp3) is 0.458. The monoisotopic (exact) mass is 569 g/mol. The maximum Gasteiger partial charge on any atom is 0.490 e. The van der Waals surface area contributed by atoms with Gasteiger partial charge in [0, 0.05) is 30.4 Å². The number of fused-ring (bicyclic) bond motifs is 1. The highest BCUT2D eigenvalue weighted by atomic mass is 32.2. The van der Waals surface area contributed by atoms with Gasteiger partial charge >= 0.3 is 18.2 Å². The van der Waals surface area contributed by atoms with Gasteiger partial charge in [0.2, 0.25) is 11.7 Å². The lowest BCUT2D eigenvalue weighted by atomic mass is 9.97. The Morgan fingerprint density at radius 2 is 1.64 bits per heavy atom. The zero-order valence-corrected chi connectivity index (χ0v) is 21.4. The minimum atomic E-state index is -5.08. The van der Waals surface area contributed by atoms with Crippen molar-refractivity contribution in [2.45, 2.75) is 43.8 Å². The van der Waals surface area contributed by atoms with Crippen LogP contribution in [0.4, 0.5) is 18.0 Å². The van der Waals surface area contributed by atoms with Crippen LogP contribution in [0.5, 0.6) is 0 Å². The number of sulfone groups is 1. The van der Waals surface area contributed by atoms with Gasteiger partial charge in [-0.1, -0.05) is 29.4 Å². The van der Waals surface area contributed by atoms with Gasteiger partial charge in [-0.3, -0.25) is 0 Å².